The van der Waals surface area contributed by atoms with Gasteiger partial charge in [0.15, 0.2) is 23.0 Å². The maximum atomic E-state index is 13.3. The van der Waals surface area contributed by atoms with Gasteiger partial charge in [-0.05, 0) is 36.8 Å². The van der Waals surface area contributed by atoms with Gasteiger partial charge in [-0.2, -0.15) is 4.68 Å². The molecule has 0 unspecified atom stereocenters. The molecule has 0 radical (unpaired) electrons. The van der Waals surface area contributed by atoms with Gasteiger partial charge in [0.1, 0.15) is 0 Å². The SMILES string of the molecule is COc1cc(C(=O)n2nc(N)c3cc4ccc(C)cc4nc32)cc(OC)c1OC. The summed E-state index contributed by atoms with van der Waals surface area (Å²) in [4.78, 5) is 17.9. The van der Waals surface area contributed by atoms with Crippen molar-refractivity contribution in [3.63, 3.8) is 0 Å². The first-order valence-electron chi connectivity index (χ1n) is 8.87. The Kier molecular flexibility index (Phi) is 4.46. The Hall–Kier alpha value is -3.81. The fourth-order valence-electron chi connectivity index (χ4n) is 3.29. The minimum absolute atomic E-state index is 0.232. The number of aryl methyl sites for hydroxylation is 1. The van der Waals surface area contributed by atoms with Crippen molar-refractivity contribution in [1.29, 1.82) is 0 Å². The Morgan fingerprint density at radius 1 is 1.00 bits per heavy atom. The van der Waals surface area contributed by atoms with Crippen LogP contribution in [0.25, 0.3) is 21.9 Å². The number of carbonyl (C=O) groups excluding carboxylic acids is 1. The van der Waals surface area contributed by atoms with Crippen LogP contribution in [0.2, 0.25) is 0 Å². The molecule has 0 aliphatic carbocycles. The van der Waals surface area contributed by atoms with E-state index < -0.39 is 5.91 Å². The lowest BCUT2D eigenvalue weighted by molar-refractivity contribution is 0.0949. The minimum Gasteiger partial charge on any atom is -0.493 e. The molecule has 0 atom stereocenters. The Bertz CT molecular complexity index is 1240. The summed E-state index contributed by atoms with van der Waals surface area (Å²) in [6.45, 7) is 1.98. The maximum absolute atomic E-state index is 13.3. The summed E-state index contributed by atoms with van der Waals surface area (Å²) in [5, 5.41) is 5.77. The van der Waals surface area contributed by atoms with Gasteiger partial charge < -0.3 is 19.9 Å². The summed E-state index contributed by atoms with van der Waals surface area (Å²) in [7, 11) is 4.48. The standard InChI is InChI=1S/C21H20N4O4/c1-11-5-6-12-8-14-19(22)24-25(20(14)23-15(12)7-11)21(26)13-9-16(27-2)18(29-4)17(10-13)28-3/h5-10H,1-4H3,(H2,22,24). The van der Waals surface area contributed by atoms with E-state index >= 15 is 0 Å². The zero-order valence-electron chi connectivity index (χ0n) is 16.5. The number of nitrogens with zero attached hydrogens (tertiary/aromatic N) is 3. The summed E-state index contributed by atoms with van der Waals surface area (Å²) >= 11 is 0. The second-order valence-corrected chi connectivity index (χ2v) is 6.57. The lowest BCUT2D eigenvalue weighted by Gasteiger charge is -2.13. The van der Waals surface area contributed by atoms with Crippen LogP contribution in [0.3, 0.4) is 0 Å². The average molecular weight is 392 g/mol. The third kappa shape index (κ3) is 2.98. The predicted molar refractivity (Wildman–Crippen MR) is 110 cm³/mol. The van der Waals surface area contributed by atoms with E-state index in [0.717, 1.165) is 16.5 Å². The summed E-state index contributed by atoms with van der Waals surface area (Å²) in [5.74, 6) is 0.958. The predicted octanol–water partition coefficient (Wildman–Crippen LogP) is 3.19. The van der Waals surface area contributed by atoms with Crippen molar-refractivity contribution in [2.45, 2.75) is 6.92 Å². The molecule has 2 aromatic heterocycles. The molecule has 8 nitrogen and oxygen atoms in total. The van der Waals surface area contributed by atoms with Crippen LogP contribution in [0.15, 0.2) is 36.4 Å². The number of pyridine rings is 1. The van der Waals surface area contributed by atoms with Gasteiger partial charge in [0.25, 0.3) is 5.91 Å². The third-order valence-corrected chi connectivity index (χ3v) is 4.74. The first-order valence-corrected chi connectivity index (χ1v) is 8.87. The molecule has 0 aliphatic heterocycles. The molecule has 0 bridgehead atoms. The van der Waals surface area contributed by atoms with E-state index in [9.17, 15) is 4.79 Å². The Morgan fingerprint density at radius 2 is 1.69 bits per heavy atom. The number of nitrogen functional groups attached to an aromatic ring is 1. The van der Waals surface area contributed by atoms with Crippen molar-refractivity contribution in [3.05, 3.63) is 47.5 Å². The number of ether oxygens (including phenoxy) is 3. The highest BCUT2D eigenvalue weighted by atomic mass is 16.5. The van der Waals surface area contributed by atoms with Crippen molar-refractivity contribution in [3.8, 4) is 17.2 Å². The molecule has 0 saturated carbocycles. The zero-order chi connectivity index (χ0) is 20.7. The smallest absolute Gasteiger partial charge is 0.280 e. The van der Waals surface area contributed by atoms with Gasteiger partial charge in [-0.25, -0.2) is 4.98 Å². The molecule has 0 amide bonds. The van der Waals surface area contributed by atoms with Gasteiger partial charge in [0.2, 0.25) is 5.75 Å². The molecule has 148 valence electrons. The summed E-state index contributed by atoms with van der Waals surface area (Å²) in [6, 6.07) is 10.9. The van der Waals surface area contributed by atoms with Crippen LogP contribution in [0, 0.1) is 6.92 Å². The molecule has 0 spiro atoms. The Morgan fingerprint density at radius 3 is 2.31 bits per heavy atom. The number of benzene rings is 2. The van der Waals surface area contributed by atoms with E-state index in [2.05, 4.69) is 10.1 Å². The first kappa shape index (κ1) is 18.5. The molecule has 29 heavy (non-hydrogen) atoms. The molecule has 4 rings (SSSR count). The lowest BCUT2D eigenvalue weighted by Crippen LogP contribution is -2.15. The molecule has 2 heterocycles. The normalized spacial score (nSPS) is 11.0. The highest BCUT2D eigenvalue weighted by molar-refractivity contribution is 6.05. The second-order valence-electron chi connectivity index (χ2n) is 6.57. The van der Waals surface area contributed by atoms with Gasteiger partial charge in [-0.15, -0.1) is 5.10 Å². The van der Waals surface area contributed by atoms with E-state index in [4.69, 9.17) is 19.9 Å². The van der Waals surface area contributed by atoms with Gasteiger partial charge in [-0.3, -0.25) is 4.79 Å². The van der Waals surface area contributed by atoms with Gasteiger partial charge in [0.05, 0.1) is 32.2 Å². The number of carbonyl (C=O) groups is 1. The molecule has 0 aliphatic rings. The van der Waals surface area contributed by atoms with Crippen molar-refractivity contribution in [1.82, 2.24) is 14.8 Å². The van der Waals surface area contributed by atoms with Gasteiger partial charge in [0, 0.05) is 10.9 Å². The number of hydrogen-bond donors (Lipinski definition) is 1. The number of nitrogens with two attached hydrogens (primary N) is 1. The van der Waals surface area contributed by atoms with Crippen LogP contribution < -0.4 is 19.9 Å². The average Bonchev–Trinajstić information content (AvgIpc) is 3.05. The quantitative estimate of drug-likeness (QED) is 0.569. The molecule has 4 aromatic rings. The molecule has 0 saturated heterocycles. The van der Waals surface area contributed by atoms with E-state index in [-0.39, 0.29) is 5.82 Å². The summed E-state index contributed by atoms with van der Waals surface area (Å²) in [5.41, 5.74) is 8.60. The van der Waals surface area contributed by atoms with Crippen LogP contribution in [0.1, 0.15) is 15.9 Å². The number of rotatable bonds is 4. The highest BCUT2D eigenvalue weighted by Crippen LogP contribution is 2.38. The molecule has 8 heteroatoms. The number of aromatic nitrogens is 3. The first-order chi connectivity index (χ1) is 14.0. The van der Waals surface area contributed by atoms with Crippen LogP contribution in [0.4, 0.5) is 5.82 Å². The zero-order valence-corrected chi connectivity index (χ0v) is 16.5. The number of hydrogen-bond acceptors (Lipinski definition) is 7. The number of anilines is 1. The molecule has 2 aromatic carbocycles. The van der Waals surface area contributed by atoms with Crippen LogP contribution in [0.5, 0.6) is 17.2 Å². The fraction of sp³-hybridized carbons (Fsp3) is 0.190. The lowest BCUT2D eigenvalue weighted by atomic mass is 10.1. The third-order valence-electron chi connectivity index (χ3n) is 4.74. The van der Waals surface area contributed by atoms with Crippen molar-refractivity contribution >= 4 is 33.7 Å². The van der Waals surface area contributed by atoms with Gasteiger partial charge in [-0.1, -0.05) is 12.1 Å². The van der Waals surface area contributed by atoms with E-state index in [0.29, 0.717) is 33.8 Å². The van der Waals surface area contributed by atoms with E-state index in [1.54, 1.807) is 12.1 Å². The second kappa shape index (κ2) is 6.97. The van der Waals surface area contributed by atoms with Crippen molar-refractivity contribution in [2.24, 2.45) is 0 Å². The molecule has 2 N–H and O–H groups in total. The Labute approximate surface area is 166 Å². The van der Waals surface area contributed by atoms with Crippen LogP contribution in [-0.2, 0) is 0 Å². The van der Waals surface area contributed by atoms with Crippen LogP contribution in [-0.4, -0.2) is 42.0 Å². The number of methoxy groups -OCH3 is 3. The number of fused-ring (bicyclic) bond motifs is 2. The monoisotopic (exact) mass is 392 g/mol. The van der Waals surface area contributed by atoms with Crippen molar-refractivity contribution in [2.75, 3.05) is 27.1 Å². The maximum Gasteiger partial charge on any atom is 0.280 e. The van der Waals surface area contributed by atoms with E-state index in [1.165, 1.54) is 26.0 Å². The molecule has 0 fully saturated rings. The summed E-state index contributed by atoms with van der Waals surface area (Å²) in [6.07, 6.45) is 0. The Balaban J connectivity index is 1.91. The summed E-state index contributed by atoms with van der Waals surface area (Å²) < 4.78 is 17.2. The fourth-order valence-corrected chi connectivity index (χ4v) is 3.29. The van der Waals surface area contributed by atoms with Gasteiger partial charge >= 0.3 is 0 Å². The van der Waals surface area contributed by atoms with Crippen molar-refractivity contribution < 1.29 is 19.0 Å². The topological polar surface area (TPSA) is 101 Å². The minimum atomic E-state index is -0.412. The largest absolute Gasteiger partial charge is 0.493 e. The molecular weight excluding hydrogens is 372 g/mol. The highest BCUT2D eigenvalue weighted by Gasteiger charge is 2.22. The molecular formula is C21H20N4O4. The van der Waals surface area contributed by atoms with Crippen LogP contribution >= 0.6 is 0 Å². The van der Waals surface area contributed by atoms with E-state index in [1.807, 2.05) is 31.2 Å².